The summed E-state index contributed by atoms with van der Waals surface area (Å²) in [5.41, 5.74) is 7.91. The number of thiophene rings is 1. The van der Waals surface area contributed by atoms with Crippen molar-refractivity contribution in [1.82, 2.24) is 0 Å². The lowest BCUT2D eigenvalue weighted by atomic mass is 10.1. The molecular weight excluding hydrogens is 382 g/mol. The number of aromatic carboxylic acids is 1. The minimum Gasteiger partial charge on any atom is -0.477 e. The largest absolute Gasteiger partial charge is 0.477 e. The fraction of sp³-hybridized carbons (Fsp3) is 0.0833. The number of carboxylic acids is 1. The Labute approximate surface area is 125 Å². The fourth-order valence-corrected chi connectivity index (χ4v) is 3.65. The third-order valence-electron chi connectivity index (χ3n) is 2.56. The zero-order chi connectivity index (χ0) is 13.4. The highest BCUT2D eigenvalue weighted by atomic mass is 79.9. The average molecular weight is 391 g/mol. The number of nitrogens with two attached hydrogens (primary N) is 1. The SMILES string of the molecule is Cc1c(-c2cc(Br)ccc2Br)sc(C(=O)O)c1N. The fourth-order valence-electron chi connectivity index (χ4n) is 1.61. The van der Waals surface area contributed by atoms with Crippen molar-refractivity contribution in [3.63, 3.8) is 0 Å². The molecule has 1 heterocycles. The minimum atomic E-state index is -0.988. The Kier molecular flexibility index (Phi) is 3.79. The second kappa shape index (κ2) is 5.03. The first-order chi connectivity index (χ1) is 8.41. The molecule has 2 rings (SSSR count). The van der Waals surface area contributed by atoms with Crippen molar-refractivity contribution in [1.29, 1.82) is 0 Å². The lowest BCUT2D eigenvalue weighted by Gasteiger charge is -2.04. The van der Waals surface area contributed by atoms with Crippen LogP contribution >= 0.6 is 43.2 Å². The monoisotopic (exact) mass is 389 g/mol. The van der Waals surface area contributed by atoms with Gasteiger partial charge < -0.3 is 10.8 Å². The number of hydrogen-bond donors (Lipinski definition) is 2. The third kappa shape index (κ3) is 2.32. The van der Waals surface area contributed by atoms with Crippen LogP contribution in [0.5, 0.6) is 0 Å². The predicted octanol–water partition coefficient (Wildman–Crippen LogP) is 4.53. The van der Waals surface area contributed by atoms with Gasteiger partial charge in [0.2, 0.25) is 0 Å². The van der Waals surface area contributed by atoms with E-state index in [1.165, 1.54) is 11.3 Å². The Hall–Kier alpha value is -0.850. The first-order valence-electron chi connectivity index (χ1n) is 4.99. The molecule has 0 atom stereocenters. The highest BCUT2D eigenvalue weighted by Gasteiger charge is 2.20. The molecule has 0 saturated heterocycles. The molecule has 0 aliphatic rings. The van der Waals surface area contributed by atoms with Gasteiger partial charge in [0.25, 0.3) is 0 Å². The van der Waals surface area contributed by atoms with Gasteiger partial charge in [0.15, 0.2) is 0 Å². The van der Waals surface area contributed by atoms with Crippen LogP contribution in [-0.4, -0.2) is 11.1 Å². The summed E-state index contributed by atoms with van der Waals surface area (Å²) in [6.07, 6.45) is 0. The smallest absolute Gasteiger partial charge is 0.348 e. The Morgan fingerprint density at radius 2 is 2.06 bits per heavy atom. The molecule has 0 unspecified atom stereocenters. The molecule has 2 aromatic rings. The predicted molar refractivity (Wildman–Crippen MR) is 81.3 cm³/mol. The molecule has 0 bridgehead atoms. The molecule has 3 nitrogen and oxygen atoms in total. The van der Waals surface area contributed by atoms with Gasteiger partial charge in [-0.15, -0.1) is 11.3 Å². The van der Waals surface area contributed by atoms with E-state index in [4.69, 9.17) is 10.8 Å². The number of carboxylic acid groups (broad SMARTS) is 1. The first-order valence-corrected chi connectivity index (χ1v) is 7.39. The molecule has 94 valence electrons. The van der Waals surface area contributed by atoms with Gasteiger partial charge >= 0.3 is 5.97 Å². The lowest BCUT2D eigenvalue weighted by Crippen LogP contribution is -1.97. The van der Waals surface area contributed by atoms with Crippen LogP contribution < -0.4 is 5.73 Å². The summed E-state index contributed by atoms with van der Waals surface area (Å²) in [7, 11) is 0. The van der Waals surface area contributed by atoms with Crippen molar-refractivity contribution in [2.45, 2.75) is 6.92 Å². The quantitative estimate of drug-likeness (QED) is 0.791. The second-order valence-electron chi connectivity index (χ2n) is 3.73. The molecule has 0 saturated carbocycles. The number of halogens is 2. The summed E-state index contributed by atoms with van der Waals surface area (Å²) in [6, 6.07) is 5.77. The van der Waals surface area contributed by atoms with E-state index >= 15 is 0 Å². The van der Waals surface area contributed by atoms with Crippen molar-refractivity contribution in [3.05, 3.63) is 37.6 Å². The van der Waals surface area contributed by atoms with E-state index < -0.39 is 5.97 Å². The molecule has 0 spiro atoms. The molecule has 0 aliphatic carbocycles. The number of rotatable bonds is 2. The molecule has 0 fully saturated rings. The Morgan fingerprint density at radius 3 is 2.61 bits per heavy atom. The van der Waals surface area contributed by atoms with Crippen molar-refractivity contribution < 1.29 is 9.90 Å². The van der Waals surface area contributed by atoms with E-state index in [0.717, 1.165) is 24.9 Å². The molecule has 0 amide bonds. The normalized spacial score (nSPS) is 10.6. The zero-order valence-corrected chi connectivity index (χ0v) is 13.3. The van der Waals surface area contributed by atoms with Crippen LogP contribution in [0.25, 0.3) is 10.4 Å². The number of benzene rings is 1. The summed E-state index contributed by atoms with van der Waals surface area (Å²) in [4.78, 5) is 12.1. The van der Waals surface area contributed by atoms with Crippen LogP contribution in [0, 0.1) is 6.92 Å². The maximum atomic E-state index is 11.1. The van der Waals surface area contributed by atoms with E-state index in [1.807, 2.05) is 25.1 Å². The van der Waals surface area contributed by atoms with Crippen LogP contribution in [0.4, 0.5) is 5.69 Å². The summed E-state index contributed by atoms with van der Waals surface area (Å²) < 4.78 is 1.84. The molecule has 6 heteroatoms. The molecule has 0 aliphatic heterocycles. The summed E-state index contributed by atoms with van der Waals surface area (Å²) >= 11 is 8.07. The number of anilines is 1. The summed E-state index contributed by atoms with van der Waals surface area (Å²) in [6.45, 7) is 1.83. The lowest BCUT2D eigenvalue weighted by molar-refractivity contribution is 0.0703. The average Bonchev–Trinajstić information content (AvgIpc) is 2.60. The van der Waals surface area contributed by atoms with Crippen LogP contribution in [0.1, 0.15) is 15.2 Å². The molecule has 1 aromatic carbocycles. The van der Waals surface area contributed by atoms with Gasteiger partial charge in [0.1, 0.15) is 4.88 Å². The number of carbonyl (C=O) groups is 1. The number of nitrogen functional groups attached to an aromatic ring is 1. The van der Waals surface area contributed by atoms with E-state index in [9.17, 15) is 4.79 Å². The van der Waals surface area contributed by atoms with E-state index in [-0.39, 0.29) is 4.88 Å². The van der Waals surface area contributed by atoms with Gasteiger partial charge in [-0.3, -0.25) is 0 Å². The number of hydrogen-bond acceptors (Lipinski definition) is 3. The van der Waals surface area contributed by atoms with Crippen molar-refractivity contribution in [2.24, 2.45) is 0 Å². The van der Waals surface area contributed by atoms with E-state index in [0.29, 0.717) is 5.69 Å². The Balaban J connectivity index is 2.68. The highest BCUT2D eigenvalue weighted by Crippen LogP contribution is 2.41. The molecule has 1 aromatic heterocycles. The summed E-state index contributed by atoms with van der Waals surface area (Å²) in [5.74, 6) is -0.988. The van der Waals surface area contributed by atoms with Crippen LogP contribution in [0.15, 0.2) is 27.1 Å². The molecular formula is C12H9Br2NO2S. The zero-order valence-electron chi connectivity index (χ0n) is 9.33. The van der Waals surface area contributed by atoms with Gasteiger partial charge in [0.05, 0.1) is 5.69 Å². The summed E-state index contributed by atoms with van der Waals surface area (Å²) in [5, 5.41) is 9.08. The van der Waals surface area contributed by atoms with Crippen LogP contribution in [0.2, 0.25) is 0 Å². The molecule has 3 N–H and O–H groups in total. The van der Waals surface area contributed by atoms with Crippen LogP contribution in [0.3, 0.4) is 0 Å². The maximum Gasteiger partial charge on any atom is 0.348 e. The third-order valence-corrected chi connectivity index (χ3v) is 5.07. The van der Waals surface area contributed by atoms with Gasteiger partial charge in [-0.05, 0) is 30.7 Å². The van der Waals surface area contributed by atoms with E-state index in [1.54, 1.807) is 0 Å². The van der Waals surface area contributed by atoms with E-state index in [2.05, 4.69) is 31.9 Å². The Morgan fingerprint density at radius 1 is 1.39 bits per heavy atom. The standard InChI is InChI=1S/C12H9Br2NO2S/c1-5-9(15)11(12(16)17)18-10(5)7-4-6(13)2-3-8(7)14/h2-4H,15H2,1H3,(H,16,17). The maximum absolute atomic E-state index is 11.1. The topological polar surface area (TPSA) is 63.3 Å². The minimum absolute atomic E-state index is 0.189. The van der Waals surface area contributed by atoms with Crippen molar-refractivity contribution in [3.8, 4) is 10.4 Å². The van der Waals surface area contributed by atoms with Gasteiger partial charge in [0, 0.05) is 19.4 Å². The van der Waals surface area contributed by atoms with Crippen molar-refractivity contribution >= 4 is 54.9 Å². The van der Waals surface area contributed by atoms with Crippen molar-refractivity contribution in [2.75, 3.05) is 5.73 Å². The van der Waals surface area contributed by atoms with Gasteiger partial charge in [-0.2, -0.15) is 0 Å². The molecule has 0 radical (unpaired) electrons. The van der Waals surface area contributed by atoms with Gasteiger partial charge in [-0.25, -0.2) is 4.79 Å². The van der Waals surface area contributed by atoms with Gasteiger partial charge in [-0.1, -0.05) is 31.9 Å². The molecule has 18 heavy (non-hydrogen) atoms. The second-order valence-corrected chi connectivity index (χ2v) is 6.52. The van der Waals surface area contributed by atoms with Crippen LogP contribution in [-0.2, 0) is 0 Å². The first kappa shape index (κ1) is 13.6. The Bertz CT molecular complexity index is 637. The highest BCUT2D eigenvalue weighted by molar-refractivity contribution is 9.11.